The Morgan fingerprint density at radius 1 is 1.32 bits per heavy atom. The highest BCUT2D eigenvalue weighted by Crippen LogP contribution is 2.43. The van der Waals surface area contributed by atoms with Gasteiger partial charge in [0.1, 0.15) is 0 Å². The van der Waals surface area contributed by atoms with Crippen molar-refractivity contribution in [2.24, 2.45) is 0 Å². The summed E-state index contributed by atoms with van der Waals surface area (Å²) < 4.78 is 0.988. The zero-order valence-electron chi connectivity index (χ0n) is 14.8. The van der Waals surface area contributed by atoms with Gasteiger partial charge in [0.25, 0.3) is 0 Å². The Labute approximate surface area is 160 Å². The Hall–Kier alpha value is -1.66. The van der Waals surface area contributed by atoms with Gasteiger partial charge < -0.3 is 5.32 Å². The molecule has 1 aliphatic rings. The summed E-state index contributed by atoms with van der Waals surface area (Å²) in [4.78, 5) is 15.5. The largest absolute Gasteiger partial charge is 0.345 e. The highest BCUT2D eigenvalue weighted by molar-refractivity contribution is 9.10. The topological polar surface area (TPSA) is 56.2 Å². The van der Waals surface area contributed by atoms with E-state index in [0.717, 1.165) is 14.9 Å². The molecule has 1 saturated heterocycles. The van der Waals surface area contributed by atoms with Crippen molar-refractivity contribution in [1.82, 2.24) is 10.2 Å². The summed E-state index contributed by atoms with van der Waals surface area (Å²) in [7, 11) is 1.65. The first-order chi connectivity index (χ1) is 11.7. The number of thiophene rings is 1. The summed E-state index contributed by atoms with van der Waals surface area (Å²) in [5.41, 5.74) is 1.56. The average Bonchev–Trinajstić information content (AvgIpc) is 3.00. The van der Waals surface area contributed by atoms with E-state index in [9.17, 15) is 4.79 Å². The number of rotatable bonds is 3. The number of hydrogen-bond donors (Lipinski definition) is 2. The third-order valence-electron chi connectivity index (χ3n) is 4.88. The number of benzene rings is 1. The third kappa shape index (κ3) is 3.13. The van der Waals surface area contributed by atoms with Crippen molar-refractivity contribution in [3.63, 3.8) is 0 Å². The number of nitrogens with zero attached hydrogens (tertiary/aromatic N) is 1. The molecule has 0 saturated carbocycles. The molecule has 2 heterocycles. The van der Waals surface area contributed by atoms with E-state index in [1.807, 2.05) is 30.5 Å². The molecule has 1 amide bonds. The Balaban J connectivity index is 2.10. The van der Waals surface area contributed by atoms with Crippen LogP contribution in [0.3, 0.4) is 0 Å². The molecule has 0 spiro atoms. The first-order valence-corrected chi connectivity index (χ1v) is 9.90. The van der Waals surface area contributed by atoms with E-state index in [1.54, 1.807) is 18.4 Å². The Bertz CT molecular complexity index is 814. The number of guanidine groups is 1. The van der Waals surface area contributed by atoms with E-state index in [4.69, 9.17) is 5.41 Å². The van der Waals surface area contributed by atoms with Crippen LogP contribution in [0.15, 0.2) is 40.2 Å². The normalized spacial score (nSPS) is 23.9. The monoisotopic (exact) mass is 419 g/mol. The molecular weight excluding hydrogens is 398 g/mol. The van der Waals surface area contributed by atoms with Crippen LogP contribution in [-0.2, 0) is 10.3 Å². The predicted octanol–water partition coefficient (Wildman–Crippen LogP) is 4.63. The van der Waals surface area contributed by atoms with Gasteiger partial charge >= 0.3 is 0 Å². The molecule has 0 radical (unpaired) electrons. The zero-order valence-corrected chi connectivity index (χ0v) is 17.2. The zero-order chi connectivity index (χ0) is 18.4. The van der Waals surface area contributed by atoms with E-state index in [1.165, 1.54) is 10.5 Å². The SMILES string of the molecule is CC(C)c1ccc([C@H]2C(=O)N(C)C(=N)N[C@]2(C)c2cc(Br)cs2)cc1. The van der Waals surface area contributed by atoms with E-state index in [0.29, 0.717) is 5.92 Å². The average molecular weight is 420 g/mol. The lowest BCUT2D eigenvalue weighted by molar-refractivity contribution is -0.131. The van der Waals surface area contributed by atoms with Crippen molar-refractivity contribution in [3.05, 3.63) is 56.2 Å². The van der Waals surface area contributed by atoms with Crippen LogP contribution in [0.25, 0.3) is 0 Å². The van der Waals surface area contributed by atoms with Gasteiger partial charge in [0.2, 0.25) is 5.91 Å². The molecule has 1 aromatic carbocycles. The Kier molecular flexibility index (Phi) is 4.77. The van der Waals surface area contributed by atoms with Gasteiger partial charge in [-0.1, -0.05) is 38.1 Å². The number of carbonyl (C=O) groups is 1. The third-order valence-corrected chi connectivity index (χ3v) is 6.81. The number of likely N-dealkylation sites (N-methyl/N-ethyl adjacent to an activating group) is 1. The fraction of sp³-hybridized carbons (Fsp3) is 0.368. The van der Waals surface area contributed by atoms with Crippen LogP contribution in [0.5, 0.6) is 0 Å². The van der Waals surface area contributed by atoms with E-state index in [-0.39, 0.29) is 11.9 Å². The van der Waals surface area contributed by atoms with E-state index >= 15 is 0 Å². The van der Waals surface area contributed by atoms with Crippen LogP contribution < -0.4 is 5.32 Å². The van der Waals surface area contributed by atoms with E-state index < -0.39 is 11.5 Å². The molecule has 2 atom stereocenters. The van der Waals surface area contributed by atoms with Gasteiger partial charge in [-0.15, -0.1) is 11.3 Å². The molecular formula is C19H22BrN3OS. The van der Waals surface area contributed by atoms with Gasteiger partial charge in [-0.2, -0.15) is 0 Å². The summed E-state index contributed by atoms with van der Waals surface area (Å²) in [6, 6.07) is 10.3. The first-order valence-electron chi connectivity index (χ1n) is 8.22. The second kappa shape index (κ2) is 6.57. The van der Waals surface area contributed by atoms with Crippen molar-refractivity contribution in [2.45, 2.75) is 38.1 Å². The minimum atomic E-state index is -0.656. The minimum absolute atomic E-state index is 0.0620. The fourth-order valence-electron chi connectivity index (χ4n) is 3.29. The summed E-state index contributed by atoms with van der Waals surface area (Å²) in [5, 5.41) is 13.4. The maximum Gasteiger partial charge on any atom is 0.239 e. The van der Waals surface area contributed by atoms with Crippen LogP contribution >= 0.6 is 27.3 Å². The highest BCUT2D eigenvalue weighted by Gasteiger charge is 2.49. The second-order valence-corrected chi connectivity index (χ2v) is 8.78. The summed E-state index contributed by atoms with van der Waals surface area (Å²) in [6.07, 6.45) is 0. The molecule has 0 unspecified atom stereocenters. The number of amides is 1. The fourth-order valence-corrected chi connectivity index (χ4v) is 4.87. The summed E-state index contributed by atoms with van der Waals surface area (Å²) >= 11 is 5.09. The van der Waals surface area contributed by atoms with Gasteiger partial charge in [-0.25, -0.2) is 0 Å². The van der Waals surface area contributed by atoms with E-state index in [2.05, 4.69) is 47.2 Å². The Morgan fingerprint density at radius 2 is 1.96 bits per heavy atom. The lowest BCUT2D eigenvalue weighted by Gasteiger charge is -2.45. The minimum Gasteiger partial charge on any atom is -0.345 e. The first kappa shape index (κ1) is 18.1. The van der Waals surface area contributed by atoms with Gasteiger partial charge in [0.05, 0.1) is 11.5 Å². The molecule has 2 N–H and O–H groups in total. The molecule has 6 heteroatoms. The number of hydrogen-bond acceptors (Lipinski definition) is 3. The van der Waals surface area contributed by atoms with Crippen molar-refractivity contribution in [3.8, 4) is 0 Å². The smallest absolute Gasteiger partial charge is 0.239 e. The summed E-state index contributed by atoms with van der Waals surface area (Å²) in [5.74, 6) is 0.128. The second-order valence-electron chi connectivity index (χ2n) is 6.96. The molecule has 3 rings (SSSR count). The van der Waals surface area contributed by atoms with Crippen molar-refractivity contribution in [2.75, 3.05) is 7.05 Å². The van der Waals surface area contributed by atoms with Gasteiger partial charge in [0.15, 0.2) is 5.96 Å². The Morgan fingerprint density at radius 3 is 2.48 bits per heavy atom. The molecule has 1 aliphatic heterocycles. The molecule has 2 aromatic rings. The number of nitrogens with one attached hydrogen (secondary N) is 2. The molecule has 25 heavy (non-hydrogen) atoms. The number of halogens is 1. The number of carbonyl (C=O) groups excluding carboxylic acids is 1. The molecule has 1 aromatic heterocycles. The molecule has 4 nitrogen and oxygen atoms in total. The van der Waals surface area contributed by atoms with Crippen LogP contribution in [0, 0.1) is 5.41 Å². The van der Waals surface area contributed by atoms with Crippen LogP contribution in [0.4, 0.5) is 0 Å². The lowest BCUT2D eigenvalue weighted by atomic mass is 9.76. The predicted molar refractivity (Wildman–Crippen MR) is 106 cm³/mol. The van der Waals surface area contributed by atoms with Crippen LogP contribution in [0.1, 0.15) is 48.6 Å². The molecule has 132 valence electrons. The standard InChI is InChI=1S/C19H22BrN3OS/c1-11(2)12-5-7-13(8-6-12)16-17(24)23(4)18(21)22-19(16,3)15-9-14(20)10-25-15/h5-11,16H,1-4H3,(H2,21,22)/t16-,19+/m0/s1. The lowest BCUT2D eigenvalue weighted by Crippen LogP contribution is -2.62. The molecule has 0 bridgehead atoms. The van der Waals surface area contributed by atoms with Gasteiger partial charge in [-0.05, 0) is 46.0 Å². The van der Waals surface area contributed by atoms with Crippen LogP contribution in [-0.4, -0.2) is 23.8 Å². The van der Waals surface area contributed by atoms with Crippen molar-refractivity contribution in [1.29, 1.82) is 5.41 Å². The van der Waals surface area contributed by atoms with Gasteiger partial charge in [0, 0.05) is 21.8 Å². The maximum atomic E-state index is 13.1. The molecule has 0 aliphatic carbocycles. The highest BCUT2D eigenvalue weighted by atomic mass is 79.9. The maximum absolute atomic E-state index is 13.1. The quantitative estimate of drug-likeness (QED) is 0.761. The van der Waals surface area contributed by atoms with Crippen LogP contribution in [0.2, 0.25) is 0 Å². The summed E-state index contributed by atoms with van der Waals surface area (Å²) in [6.45, 7) is 6.32. The molecule has 1 fully saturated rings. The van der Waals surface area contributed by atoms with Crippen molar-refractivity contribution >= 4 is 39.1 Å². The van der Waals surface area contributed by atoms with Gasteiger partial charge in [-0.3, -0.25) is 15.1 Å². The van der Waals surface area contributed by atoms with Crippen molar-refractivity contribution < 1.29 is 4.79 Å².